The molecule has 0 amide bonds. The number of halogens is 2. The Bertz CT molecular complexity index is 803. The number of hydrogen-bond acceptors (Lipinski definition) is 5. The van der Waals surface area contributed by atoms with E-state index in [2.05, 4.69) is 10.3 Å². The fraction of sp³-hybridized carbons (Fsp3) is 0.400. The first-order valence-electron chi connectivity index (χ1n) is 8.99. The maximum Gasteiger partial charge on any atom is 0.127 e. The highest BCUT2D eigenvalue weighted by molar-refractivity contribution is 6.35. The third kappa shape index (κ3) is 4.92. The van der Waals surface area contributed by atoms with Crippen LogP contribution in [-0.4, -0.2) is 23.5 Å². The molecule has 1 aromatic carbocycles. The van der Waals surface area contributed by atoms with Gasteiger partial charge in [0.05, 0.1) is 10.0 Å². The summed E-state index contributed by atoms with van der Waals surface area (Å²) in [6.07, 6.45) is 5.93. The van der Waals surface area contributed by atoms with Crippen molar-refractivity contribution >= 4 is 34.6 Å². The number of aromatic nitrogens is 1. The Labute approximate surface area is 169 Å². The number of anilines is 1. The van der Waals surface area contributed by atoms with Gasteiger partial charge in [0.25, 0.3) is 0 Å². The number of hydrogen-bond donors (Lipinski definition) is 2. The molecular formula is C20H23Cl2N3O2. The van der Waals surface area contributed by atoms with Gasteiger partial charge < -0.3 is 20.2 Å². The molecule has 1 fully saturated rings. The summed E-state index contributed by atoms with van der Waals surface area (Å²) >= 11 is 12.4. The van der Waals surface area contributed by atoms with Gasteiger partial charge in [-0.05, 0) is 51.3 Å². The Balaban J connectivity index is 1.80. The maximum absolute atomic E-state index is 8.12. The van der Waals surface area contributed by atoms with E-state index in [1.807, 2.05) is 25.1 Å². The van der Waals surface area contributed by atoms with E-state index in [1.54, 1.807) is 19.3 Å². The van der Waals surface area contributed by atoms with Crippen molar-refractivity contribution in [3.05, 3.63) is 51.8 Å². The van der Waals surface area contributed by atoms with Crippen LogP contribution >= 0.6 is 23.2 Å². The smallest absolute Gasteiger partial charge is 0.127 e. The lowest BCUT2D eigenvalue weighted by Gasteiger charge is -2.26. The van der Waals surface area contributed by atoms with Crippen LogP contribution in [0.2, 0.25) is 10.0 Å². The topological polar surface area (TPSA) is 67.2 Å². The molecule has 0 aliphatic carbocycles. The first kappa shape index (κ1) is 19.9. The van der Waals surface area contributed by atoms with Crippen LogP contribution in [0.4, 0.5) is 5.69 Å². The molecule has 0 spiro atoms. The van der Waals surface area contributed by atoms with Gasteiger partial charge in [0.2, 0.25) is 0 Å². The summed E-state index contributed by atoms with van der Waals surface area (Å²) in [4.78, 5) is 3.97. The summed E-state index contributed by atoms with van der Waals surface area (Å²) in [7, 11) is 0. The van der Waals surface area contributed by atoms with Gasteiger partial charge in [-0.1, -0.05) is 23.2 Å². The summed E-state index contributed by atoms with van der Waals surface area (Å²) in [5.41, 5.74) is 2.79. The molecule has 0 radical (unpaired) electrons. The van der Waals surface area contributed by atoms with Gasteiger partial charge in [-0.2, -0.15) is 0 Å². The lowest BCUT2D eigenvalue weighted by Crippen LogP contribution is -2.27. The van der Waals surface area contributed by atoms with Crippen molar-refractivity contribution in [1.82, 2.24) is 4.98 Å². The number of ether oxygens (including phenoxy) is 2. The van der Waals surface area contributed by atoms with Gasteiger partial charge in [0, 0.05) is 41.5 Å². The molecule has 2 N–H and O–H groups in total. The molecule has 5 nitrogen and oxygen atoms in total. The average Bonchev–Trinajstić information content (AvgIpc) is 2.63. The Kier molecular flexibility index (Phi) is 6.58. The minimum Gasteiger partial charge on any atom is -0.486 e. The molecule has 7 heteroatoms. The second-order valence-corrected chi connectivity index (χ2v) is 7.42. The molecule has 2 heterocycles. The number of pyridine rings is 1. The Morgan fingerprint density at radius 3 is 2.67 bits per heavy atom. The molecule has 1 aliphatic rings. The van der Waals surface area contributed by atoms with Gasteiger partial charge in [-0.15, -0.1) is 0 Å². The largest absolute Gasteiger partial charge is 0.486 e. The summed E-state index contributed by atoms with van der Waals surface area (Å²) < 4.78 is 11.8. The Morgan fingerprint density at radius 1 is 1.30 bits per heavy atom. The van der Waals surface area contributed by atoms with E-state index >= 15 is 0 Å². The van der Waals surface area contributed by atoms with E-state index in [0.717, 1.165) is 37.1 Å². The second-order valence-electron chi connectivity index (χ2n) is 6.61. The van der Waals surface area contributed by atoms with Crippen LogP contribution in [-0.2, 0) is 4.74 Å². The van der Waals surface area contributed by atoms with Crippen LogP contribution in [0, 0.1) is 5.41 Å². The summed E-state index contributed by atoms with van der Waals surface area (Å²) in [6, 6.07) is 5.65. The van der Waals surface area contributed by atoms with Crippen LogP contribution in [0.1, 0.15) is 50.3 Å². The van der Waals surface area contributed by atoms with Crippen molar-refractivity contribution in [2.75, 3.05) is 11.9 Å². The maximum atomic E-state index is 8.12. The second kappa shape index (κ2) is 8.91. The summed E-state index contributed by atoms with van der Waals surface area (Å²) in [5, 5.41) is 12.4. The molecular weight excluding hydrogens is 385 g/mol. The fourth-order valence-corrected chi connectivity index (χ4v) is 3.81. The molecule has 27 heavy (non-hydrogen) atoms. The van der Waals surface area contributed by atoms with E-state index in [9.17, 15) is 0 Å². The monoisotopic (exact) mass is 407 g/mol. The molecule has 1 aromatic heterocycles. The average molecular weight is 408 g/mol. The molecule has 144 valence electrons. The van der Waals surface area contributed by atoms with Gasteiger partial charge >= 0.3 is 0 Å². The summed E-state index contributed by atoms with van der Waals surface area (Å²) in [6.45, 7) is 4.40. The minimum atomic E-state index is -0.354. The highest BCUT2D eigenvalue weighted by atomic mass is 35.5. The lowest BCUT2D eigenvalue weighted by molar-refractivity contribution is 0.0343. The molecule has 2 aromatic rings. The molecule has 2 unspecified atom stereocenters. The first-order chi connectivity index (χ1) is 13.0. The van der Waals surface area contributed by atoms with Crippen molar-refractivity contribution in [2.45, 2.75) is 45.4 Å². The molecule has 3 rings (SSSR count). The lowest BCUT2D eigenvalue weighted by atomic mass is 10.1. The molecule has 0 saturated carbocycles. The zero-order chi connectivity index (χ0) is 19.4. The third-order valence-electron chi connectivity index (χ3n) is 4.50. The predicted octanol–water partition coefficient (Wildman–Crippen LogP) is 5.85. The van der Waals surface area contributed by atoms with Crippen LogP contribution in [0.5, 0.6) is 5.75 Å². The summed E-state index contributed by atoms with van der Waals surface area (Å²) in [5.74, 6) is 0.642. The Hall–Kier alpha value is -1.82. The zero-order valence-corrected chi connectivity index (χ0v) is 16.9. The van der Waals surface area contributed by atoms with Crippen LogP contribution in [0.25, 0.3) is 0 Å². The molecule has 1 saturated heterocycles. The quantitative estimate of drug-likeness (QED) is 0.588. The highest BCUT2D eigenvalue weighted by Crippen LogP contribution is 2.33. The minimum absolute atomic E-state index is 0.0167. The van der Waals surface area contributed by atoms with E-state index in [1.165, 1.54) is 0 Å². The van der Waals surface area contributed by atoms with Gasteiger partial charge in [-0.25, -0.2) is 0 Å². The van der Waals surface area contributed by atoms with E-state index in [0.29, 0.717) is 27.1 Å². The normalized spacial score (nSPS) is 18.0. The molecule has 2 atom stereocenters. The number of nitrogens with one attached hydrogen (secondary N) is 2. The molecule has 1 aliphatic heterocycles. The third-order valence-corrected chi connectivity index (χ3v) is 5.10. The number of nitrogens with zero attached hydrogens (tertiary/aromatic N) is 1. The van der Waals surface area contributed by atoms with Crippen molar-refractivity contribution in [1.29, 1.82) is 5.41 Å². The van der Waals surface area contributed by atoms with E-state index < -0.39 is 0 Å². The van der Waals surface area contributed by atoms with Crippen molar-refractivity contribution in [2.24, 2.45) is 0 Å². The van der Waals surface area contributed by atoms with Crippen LogP contribution in [0.15, 0.2) is 30.6 Å². The highest BCUT2D eigenvalue weighted by Gasteiger charge is 2.19. The van der Waals surface area contributed by atoms with Crippen LogP contribution < -0.4 is 10.1 Å². The van der Waals surface area contributed by atoms with Crippen molar-refractivity contribution in [3.8, 4) is 5.75 Å². The first-order valence-corrected chi connectivity index (χ1v) is 9.74. The van der Waals surface area contributed by atoms with E-state index in [-0.39, 0.29) is 12.3 Å². The standard InChI is InChI=1S/C20H23Cl2N3O2/c1-12(23)15-9-14(6-7-18(15)25-19-5-3-4-8-26-19)27-13(2)20-16(21)10-24-11-17(20)22/h6-7,9-11,13,19,23,25H,3-5,8H2,1-2H3. The zero-order valence-electron chi connectivity index (χ0n) is 15.4. The number of rotatable bonds is 6. The SMILES string of the molecule is CC(=N)c1cc(OC(C)c2c(Cl)cncc2Cl)ccc1NC1CCCCO1. The fourth-order valence-electron chi connectivity index (χ4n) is 3.13. The van der Waals surface area contributed by atoms with Crippen molar-refractivity contribution in [3.63, 3.8) is 0 Å². The van der Waals surface area contributed by atoms with Crippen LogP contribution in [0.3, 0.4) is 0 Å². The van der Waals surface area contributed by atoms with Crippen molar-refractivity contribution < 1.29 is 9.47 Å². The number of benzene rings is 1. The predicted molar refractivity (Wildman–Crippen MR) is 109 cm³/mol. The van der Waals surface area contributed by atoms with Gasteiger partial charge in [0.15, 0.2) is 0 Å². The van der Waals surface area contributed by atoms with E-state index in [4.69, 9.17) is 38.1 Å². The Morgan fingerprint density at radius 2 is 2.04 bits per heavy atom. The molecule has 0 bridgehead atoms. The van der Waals surface area contributed by atoms with Gasteiger partial charge in [0.1, 0.15) is 18.1 Å². The van der Waals surface area contributed by atoms with Gasteiger partial charge in [-0.3, -0.25) is 4.98 Å².